The van der Waals surface area contributed by atoms with E-state index in [-0.39, 0.29) is 18.0 Å². The first kappa shape index (κ1) is 11.4. The largest absolute Gasteiger partial charge is 0.336 e. The maximum Gasteiger partial charge on any atom is 0.319 e. The number of nitrogens with one attached hydrogen (secondary N) is 3. The predicted octanol–water partition coefficient (Wildman–Crippen LogP) is 1.71. The van der Waals surface area contributed by atoms with Crippen LogP contribution in [0.5, 0.6) is 0 Å². The molecule has 1 aromatic rings. The van der Waals surface area contributed by atoms with Crippen LogP contribution in [0.4, 0.5) is 16.2 Å². The summed E-state index contributed by atoms with van der Waals surface area (Å²) in [7, 11) is 0. The Hall–Kier alpha value is -2.04. The molecule has 2 rings (SSSR count). The minimum atomic E-state index is -0.239. The van der Waals surface area contributed by atoms with E-state index < -0.39 is 0 Å². The fourth-order valence-corrected chi connectivity index (χ4v) is 1.74. The molecule has 1 aromatic carbocycles. The van der Waals surface area contributed by atoms with Crippen molar-refractivity contribution >= 4 is 23.3 Å². The second-order valence-corrected chi connectivity index (χ2v) is 4.35. The molecule has 0 saturated heterocycles. The number of amides is 3. The van der Waals surface area contributed by atoms with Gasteiger partial charge in [0.2, 0.25) is 5.91 Å². The number of urea groups is 1. The maximum absolute atomic E-state index is 11.5. The van der Waals surface area contributed by atoms with Gasteiger partial charge in [0.1, 0.15) is 0 Å². The van der Waals surface area contributed by atoms with Gasteiger partial charge in [0.05, 0.1) is 6.42 Å². The Morgan fingerprint density at radius 1 is 1.41 bits per heavy atom. The van der Waals surface area contributed by atoms with Gasteiger partial charge in [-0.2, -0.15) is 0 Å². The smallest absolute Gasteiger partial charge is 0.319 e. The van der Waals surface area contributed by atoms with Crippen LogP contribution in [0.2, 0.25) is 0 Å². The Labute approximate surface area is 99.6 Å². The third-order valence-electron chi connectivity index (χ3n) is 2.41. The zero-order valence-corrected chi connectivity index (χ0v) is 9.83. The molecule has 5 nitrogen and oxygen atoms in total. The summed E-state index contributed by atoms with van der Waals surface area (Å²) < 4.78 is 0. The average molecular weight is 233 g/mol. The second kappa shape index (κ2) is 4.45. The Kier molecular flexibility index (Phi) is 2.99. The summed E-state index contributed by atoms with van der Waals surface area (Å²) in [5.74, 6) is -0.0104. The van der Waals surface area contributed by atoms with Crippen LogP contribution in [0.25, 0.3) is 0 Å². The first-order valence-corrected chi connectivity index (χ1v) is 5.55. The van der Waals surface area contributed by atoms with E-state index in [1.165, 1.54) is 0 Å². The number of hydrogen-bond acceptors (Lipinski definition) is 2. The third-order valence-corrected chi connectivity index (χ3v) is 2.41. The molecule has 0 radical (unpaired) electrons. The summed E-state index contributed by atoms with van der Waals surface area (Å²) in [6, 6.07) is 5.23. The normalized spacial score (nSPS) is 13.2. The van der Waals surface area contributed by atoms with Gasteiger partial charge in [-0.15, -0.1) is 0 Å². The molecule has 0 spiro atoms. The Bertz CT molecular complexity index is 469. The molecule has 0 saturated carbocycles. The average Bonchev–Trinajstić information content (AvgIpc) is 2.55. The molecule has 1 aliphatic heterocycles. The van der Waals surface area contributed by atoms with E-state index in [1.54, 1.807) is 12.1 Å². The number of carbonyl (C=O) groups excluding carboxylic acids is 2. The molecule has 0 unspecified atom stereocenters. The van der Waals surface area contributed by atoms with Crippen LogP contribution in [0.15, 0.2) is 18.2 Å². The SMILES string of the molecule is CC(C)NC(=O)Nc1ccc2c(c1)CC(=O)N2. The summed E-state index contributed by atoms with van der Waals surface area (Å²) in [6.45, 7) is 3.79. The molecule has 0 aromatic heterocycles. The molecule has 1 aliphatic rings. The fourth-order valence-electron chi connectivity index (χ4n) is 1.74. The topological polar surface area (TPSA) is 70.2 Å². The second-order valence-electron chi connectivity index (χ2n) is 4.35. The van der Waals surface area contributed by atoms with Crippen molar-refractivity contribution in [1.82, 2.24) is 5.32 Å². The first-order valence-electron chi connectivity index (χ1n) is 5.55. The lowest BCUT2D eigenvalue weighted by Crippen LogP contribution is -2.34. The lowest BCUT2D eigenvalue weighted by molar-refractivity contribution is -0.115. The highest BCUT2D eigenvalue weighted by Crippen LogP contribution is 2.25. The highest BCUT2D eigenvalue weighted by molar-refractivity contribution is 6.00. The standard InChI is InChI=1S/C12H15N3O2/c1-7(2)13-12(17)14-9-3-4-10-8(5-9)6-11(16)15-10/h3-5,7H,6H2,1-2H3,(H,15,16)(H2,13,14,17). The monoisotopic (exact) mass is 233 g/mol. The van der Waals surface area contributed by atoms with Crippen molar-refractivity contribution in [2.45, 2.75) is 26.3 Å². The van der Waals surface area contributed by atoms with Gasteiger partial charge in [0.25, 0.3) is 0 Å². The van der Waals surface area contributed by atoms with E-state index in [2.05, 4.69) is 16.0 Å². The minimum Gasteiger partial charge on any atom is -0.336 e. The van der Waals surface area contributed by atoms with Crippen LogP contribution in [0, 0.1) is 0 Å². The molecule has 90 valence electrons. The van der Waals surface area contributed by atoms with Gasteiger partial charge in [0, 0.05) is 17.4 Å². The van der Waals surface area contributed by atoms with Gasteiger partial charge in [-0.3, -0.25) is 4.79 Å². The van der Waals surface area contributed by atoms with Crippen LogP contribution in [0.1, 0.15) is 19.4 Å². The molecule has 5 heteroatoms. The molecule has 17 heavy (non-hydrogen) atoms. The molecular formula is C12H15N3O2. The number of benzene rings is 1. The molecule has 3 N–H and O–H groups in total. The van der Waals surface area contributed by atoms with E-state index in [0.717, 1.165) is 11.3 Å². The number of carbonyl (C=O) groups is 2. The Balaban J connectivity index is 2.06. The summed E-state index contributed by atoms with van der Waals surface area (Å²) in [4.78, 5) is 22.7. The van der Waals surface area contributed by atoms with E-state index in [9.17, 15) is 9.59 Å². The molecule has 0 atom stereocenters. The van der Waals surface area contributed by atoms with Gasteiger partial charge in [0.15, 0.2) is 0 Å². The van der Waals surface area contributed by atoms with Crippen molar-refractivity contribution in [3.8, 4) is 0 Å². The summed E-state index contributed by atoms with van der Waals surface area (Å²) in [5, 5.41) is 8.21. The number of rotatable bonds is 2. The van der Waals surface area contributed by atoms with E-state index >= 15 is 0 Å². The van der Waals surface area contributed by atoms with Crippen molar-refractivity contribution in [2.75, 3.05) is 10.6 Å². The molecule has 0 bridgehead atoms. The summed E-state index contributed by atoms with van der Waals surface area (Å²) in [5.41, 5.74) is 2.43. The summed E-state index contributed by atoms with van der Waals surface area (Å²) in [6.07, 6.45) is 0.372. The highest BCUT2D eigenvalue weighted by atomic mass is 16.2. The fraction of sp³-hybridized carbons (Fsp3) is 0.333. The van der Waals surface area contributed by atoms with Crippen molar-refractivity contribution in [2.24, 2.45) is 0 Å². The van der Waals surface area contributed by atoms with Crippen LogP contribution >= 0.6 is 0 Å². The van der Waals surface area contributed by atoms with Crippen LogP contribution in [-0.2, 0) is 11.2 Å². The van der Waals surface area contributed by atoms with Gasteiger partial charge >= 0.3 is 6.03 Å². The molecule has 0 aliphatic carbocycles. The van der Waals surface area contributed by atoms with E-state index in [1.807, 2.05) is 19.9 Å². The van der Waals surface area contributed by atoms with Crippen molar-refractivity contribution in [3.05, 3.63) is 23.8 Å². The predicted molar refractivity (Wildman–Crippen MR) is 66.1 cm³/mol. The van der Waals surface area contributed by atoms with E-state index in [0.29, 0.717) is 12.1 Å². The van der Waals surface area contributed by atoms with Crippen LogP contribution in [0.3, 0.4) is 0 Å². The van der Waals surface area contributed by atoms with Crippen molar-refractivity contribution in [1.29, 1.82) is 0 Å². The van der Waals surface area contributed by atoms with Gasteiger partial charge < -0.3 is 16.0 Å². The molecule has 1 heterocycles. The van der Waals surface area contributed by atoms with Gasteiger partial charge in [-0.1, -0.05) is 0 Å². The molecule has 0 fully saturated rings. The minimum absolute atomic E-state index is 0.0104. The number of anilines is 2. The zero-order valence-electron chi connectivity index (χ0n) is 9.83. The lowest BCUT2D eigenvalue weighted by atomic mass is 10.1. The quantitative estimate of drug-likeness (QED) is 0.727. The van der Waals surface area contributed by atoms with Crippen molar-refractivity contribution in [3.63, 3.8) is 0 Å². The van der Waals surface area contributed by atoms with Gasteiger partial charge in [-0.05, 0) is 37.6 Å². The van der Waals surface area contributed by atoms with Crippen molar-refractivity contribution < 1.29 is 9.59 Å². The van der Waals surface area contributed by atoms with Gasteiger partial charge in [-0.25, -0.2) is 4.79 Å². The third kappa shape index (κ3) is 2.75. The summed E-state index contributed by atoms with van der Waals surface area (Å²) >= 11 is 0. The molecule has 3 amide bonds. The zero-order chi connectivity index (χ0) is 12.4. The number of hydrogen-bond donors (Lipinski definition) is 3. The van der Waals surface area contributed by atoms with Crippen LogP contribution in [-0.4, -0.2) is 18.0 Å². The highest BCUT2D eigenvalue weighted by Gasteiger charge is 2.17. The Morgan fingerprint density at radius 3 is 2.88 bits per heavy atom. The lowest BCUT2D eigenvalue weighted by Gasteiger charge is -2.10. The van der Waals surface area contributed by atoms with Crippen LogP contribution < -0.4 is 16.0 Å². The first-order chi connectivity index (χ1) is 8.04. The maximum atomic E-state index is 11.5. The number of fused-ring (bicyclic) bond motifs is 1. The molecular weight excluding hydrogens is 218 g/mol. The Morgan fingerprint density at radius 2 is 2.18 bits per heavy atom. The van der Waals surface area contributed by atoms with E-state index in [4.69, 9.17) is 0 Å².